The lowest BCUT2D eigenvalue weighted by Crippen LogP contribution is -2.31. The van der Waals surface area contributed by atoms with Crippen LogP contribution < -0.4 is 10.5 Å². The predicted molar refractivity (Wildman–Crippen MR) is 107 cm³/mol. The molecule has 2 aliphatic heterocycles. The van der Waals surface area contributed by atoms with E-state index in [1.807, 2.05) is 36.4 Å². The second-order valence-corrected chi connectivity index (χ2v) is 8.04. The molecule has 2 N–H and O–H groups in total. The molecule has 0 bridgehead atoms. The van der Waals surface area contributed by atoms with Crippen LogP contribution in [0.5, 0.6) is 11.5 Å². The van der Waals surface area contributed by atoms with Crippen molar-refractivity contribution in [2.45, 2.75) is 44.1 Å². The van der Waals surface area contributed by atoms with Gasteiger partial charge in [0.25, 0.3) is 0 Å². The number of hydrogen-bond acceptors (Lipinski definition) is 4. The zero-order valence-corrected chi connectivity index (χ0v) is 15.8. The van der Waals surface area contributed by atoms with Crippen molar-refractivity contribution in [2.24, 2.45) is 16.6 Å². The Hall–Kier alpha value is -2.82. The van der Waals surface area contributed by atoms with Crippen LogP contribution in [0.2, 0.25) is 0 Å². The average Bonchev–Trinajstić information content (AvgIpc) is 3.13. The summed E-state index contributed by atoms with van der Waals surface area (Å²) in [5.74, 6) is 2.50. The van der Waals surface area contributed by atoms with Gasteiger partial charge in [-0.2, -0.15) is 0 Å². The maximum Gasteiger partial charge on any atom is 0.248 e. The van der Waals surface area contributed by atoms with E-state index in [4.69, 9.17) is 20.2 Å². The fraction of sp³-hybridized carbons (Fsp3) is 0.391. The minimum atomic E-state index is -0.681. The van der Waals surface area contributed by atoms with Crippen molar-refractivity contribution in [1.29, 1.82) is 0 Å². The van der Waals surface area contributed by atoms with Gasteiger partial charge in [-0.1, -0.05) is 37.5 Å². The lowest BCUT2D eigenvalue weighted by molar-refractivity contribution is 0.1000. The number of benzene rings is 2. The summed E-state index contributed by atoms with van der Waals surface area (Å²) < 4.78 is 12.2. The number of carbonyl (C=O) groups excluding carboxylic acids is 1. The molecule has 1 saturated carbocycles. The Morgan fingerprint density at radius 3 is 2.68 bits per heavy atom. The number of ether oxygens (including phenoxy) is 2. The minimum Gasteiger partial charge on any atom is -0.478 e. The second kappa shape index (κ2) is 6.66. The number of primary amides is 1. The highest BCUT2D eigenvalue weighted by molar-refractivity contribution is 5.93. The van der Waals surface area contributed by atoms with Gasteiger partial charge in [0.2, 0.25) is 5.91 Å². The molecule has 0 radical (unpaired) electrons. The van der Waals surface area contributed by atoms with Gasteiger partial charge < -0.3 is 15.2 Å². The Kier molecular flexibility index (Phi) is 4.11. The van der Waals surface area contributed by atoms with Crippen molar-refractivity contribution < 1.29 is 14.3 Å². The van der Waals surface area contributed by atoms with E-state index in [0.717, 1.165) is 29.2 Å². The normalized spacial score (nSPS) is 23.4. The van der Waals surface area contributed by atoms with Gasteiger partial charge in [-0.05, 0) is 43.0 Å². The molecule has 0 saturated heterocycles. The Morgan fingerprint density at radius 2 is 1.86 bits per heavy atom. The van der Waals surface area contributed by atoms with Crippen molar-refractivity contribution >= 4 is 11.8 Å². The number of amides is 1. The minimum absolute atomic E-state index is 0.421. The summed E-state index contributed by atoms with van der Waals surface area (Å²) in [5.41, 5.74) is 7.13. The highest BCUT2D eigenvalue weighted by atomic mass is 16.5. The van der Waals surface area contributed by atoms with Gasteiger partial charge in [0.05, 0.1) is 0 Å². The van der Waals surface area contributed by atoms with E-state index >= 15 is 0 Å². The van der Waals surface area contributed by atoms with E-state index in [1.54, 1.807) is 6.07 Å². The van der Waals surface area contributed by atoms with E-state index in [-0.39, 0.29) is 0 Å². The molecule has 1 aliphatic carbocycles. The van der Waals surface area contributed by atoms with Gasteiger partial charge in [0, 0.05) is 23.1 Å². The van der Waals surface area contributed by atoms with E-state index in [9.17, 15) is 4.79 Å². The summed E-state index contributed by atoms with van der Waals surface area (Å²) >= 11 is 0. The van der Waals surface area contributed by atoms with Crippen molar-refractivity contribution in [3.8, 4) is 11.5 Å². The third-order valence-electron chi connectivity index (χ3n) is 6.21. The number of hydrogen-bond donors (Lipinski definition) is 1. The molecular weight excluding hydrogens is 352 g/mol. The van der Waals surface area contributed by atoms with Crippen molar-refractivity contribution in [3.05, 3.63) is 59.2 Å². The fourth-order valence-electron chi connectivity index (χ4n) is 4.74. The first-order chi connectivity index (χ1) is 13.7. The monoisotopic (exact) mass is 376 g/mol. The maximum atomic E-state index is 11.8. The second-order valence-electron chi connectivity index (χ2n) is 8.04. The fourth-order valence-corrected chi connectivity index (χ4v) is 4.74. The molecule has 2 heterocycles. The van der Waals surface area contributed by atoms with Crippen LogP contribution in [0.25, 0.3) is 0 Å². The molecule has 2 aromatic rings. The van der Waals surface area contributed by atoms with Gasteiger partial charge >= 0.3 is 0 Å². The van der Waals surface area contributed by atoms with Crippen LogP contribution in [-0.2, 0) is 10.3 Å². The van der Waals surface area contributed by atoms with Gasteiger partial charge in [-0.25, -0.2) is 4.99 Å². The van der Waals surface area contributed by atoms with Gasteiger partial charge in [0.1, 0.15) is 18.1 Å². The van der Waals surface area contributed by atoms with Crippen LogP contribution in [0.4, 0.5) is 0 Å². The van der Waals surface area contributed by atoms with Crippen LogP contribution in [0.15, 0.2) is 47.5 Å². The molecule has 2 aromatic carbocycles. The standard InChI is InChI=1S/C23H24N2O3/c24-22(26)16-10-11-20-18(13-16)23(17-8-4-5-9-19(17)28-20)14-27-21(25-23)12-15-6-2-1-3-7-15/h4-5,8-11,13,15H,1-3,6-7,12,14H2,(H2,24,26). The molecular formula is C23H24N2O3. The van der Waals surface area contributed by atoms with Crippen LogP contribution in [0.1, 0.15) is 60.0 Å². The van der Waals surface area contributed by atoms with Crippen molar-refractivity contribution in [3.63, 3.8) is 0 Å². The number of aliphatic imine (C=N–C) groups is 1. The Labute approximate surface area is 164 Å². The first-order valence-electron chi connectivity index (χ1n) is 10.1. The lowest BCUT2D eigenvalue weighted by atomic mass is 9.80. The third-order valence-corrected chi connectivity index (χ3v) is 6.21. The summed E-state index contributed by atoms with van der Waals surface area (Å²) in [6.07, 6.45) is 7.31. The summed E-state index contributed by atoms with van der Waals surface area (Å²) in [5, 5.41) is 0. The van der Waals surface area contributed by atoms with Crippen LogP contribution in [0, 0.1) is 5.92 Å². The van der Waals surface area contributed by atoms with Crippen LogP contribution in [-0.4, -0.2) is 18.4 Å². The number of nitrogens with zero attached hydrogens (tertiary/aromatic N) is 1. The van der Waals surface area contributed by atoms with Crippen LogP contribution >= 0.6 is 0 Å². The molecule has 1 spiro atoms. The van der Waals surface area contributed by atoms with Crippen molar-refractivity contribution in [1.82, 2.24) is 0 Å². The molecule has 1 fully saturated rings. The van der Waals surface area contributed by atoms with Crippen LogP contribution in [0.3, 0.4) is 0 Å². The Bertz CT molecular complexity index is 962. The molecule has 5 heteroatoms. The summed E-state index contributed by atoms with van der Waals surface area (Å²) in [6, 6.07) is 13.2. The van der Waals surface area contributed by atoms with E-state index in [2.05, 4.69) is 0 Å². The first kappa shape index (κ1) is 17.3. The largest absolute Gasteiger partial charge is 0.478 e. The molecule has 144 valence electrons. The van der Waals surface area contributed by atoms with Gasteiger partial charge in [-0.3, -0.25) is 4.79 Å². The smallest absolute Gasteiger partial charge is 0.248 e. The zero-order chi connectivity index (χ0) is 19.1. The molecule has 1 atom stereocenters. The lowest BCUT2D eigenvalue weighted by Gasteiger charge is -2.33. The third kappa shape index (κ3) is 2.77. The maximum absolute atomic E-state index is 11.8. The Balaban J connectivity index is 1.60. The van der Waals surface area contributed by atoms with E-state index < -0.39 is 11.4 Å². The zero-order valence-electron chi connectivity index (χ0n) is 15.8. The number of nitrogens with two attached hydrogens (primary N) is 1. The summed E-state index contributed by atoms with van der Waals surface area (Å²) in [4.78, 5) is 16.9. The number of fused-ring (bicyclic) bond motifs is 4. The quantitative estimate of drug-likeness (QED) is 0.855. The highest BCUT2D eigenvalue weighted by Gasteiger charge is 2.47. The molecule has 1 unspecified atom stereocenters. The molecule has 28 heavy (non-hydrogen) atoms. The molecule has 5 nitrogen and oxygen atoms in total. The van der Waals surface area contributed by atoms with Gasteiger partial charge in [-0.15, -0.1) is 0 Å². The van der Waals surface area contributed by atoms with Gasteiger partial charge in [0.15, 0.2) is 11.4 Å². The first-order valence-corrected chi connectivity index (χ1v) is 10.1. The molecule has 3 aliphatic rings. The molecule has 1 amide bonds. The summed E-state index contributed by atoms with van der Waals surface area (Å²) in [6.45, 7) is 0.421. The van der Waals surface area contributed by atoms with Crippen molar-refractivity contribution in [2.75, 3.05) is 6.61 Å². The topological polar surface area (TPSA) is 73.9 Å². The SMILES string of the molecule is NC(=O)c1ccc2c(c1)C1(COC(CC3CCCCC3)=N1)c1ccccc1O2. The number of carbonyl (C=O) groups is 1. The number of rotatable bonds is 3. The molecule has 5 rings (SSSR count). The van der Waals surface area contributed by atoms with E-state index in [0.29, 0.717) is 23.8 Å². The molecule has 0 aromatic heterocycles. The van der Waals surface area contributed by atoms with E-state index in [1.165, 1.54) is 32.1 Å². The summed E-state index contributed by atoms with van der Waals surface area (Å²) in [7, 11) is 0. The predicted octanol–water partition coefficient (Wildman–Crippen LogP) is 4.53. The average molecular weight is 376 g/mol. The highest BCUT2D eigenvalue weighted by Crippen LogP contribution is 2.51. The number of para-hydroxylation sites is 1. The Morgan fingerprint density at radius 1 is 1.07 bits per heavy atom.